The van der Waals surface area contributed by atoms with Crippen molar-refractivity contribution in [2.75, 3.05) is 6.54 Å². The van der Waals surface area contributed by atoms with Crippen LogP contribution >= 0.6 is 15.9 Å². The number of nitrogens with one attached hydrogen (secondary N) is 1. The number of unbranched alkanes of at least 4 members (excludes halogenated alkanes) is 1. The molecule has 4 nitrogen and oxygen atoms in total. The van der Waals surface area contributed by atoms with Crippen molar-refractivity contribution in [3.63, 3.8) is 0 Å². The number of carbonyl (C=O) groups is 2. The third-order valence-corrected chi connectivity index (χ3v) is 2.04. The SMILES string of the molecule is CC(C)(Br)C(=O)NCCCCC(N)=O. The van der Waals surface area contributed by atoms with Crippen LogP contribution in [0.4, 0.5) is 0 Å². The summed E-state index contributed by atoms with van der Waals surface area (Å²) in [7, 11) is 0. The van der Waals surface area contributed by atoms with E-state index in [1.165, 1.54) is 0 Å². The monoisotopic (exact) mass is 264 g/mol. The Morgan fingerprint density at radius 3 is 2.36 bits per heavy atom. The Morgan fingerprint density at radius 1 is 1.36 bits per heavy atom. The molecule has 0 aliphatic carbocycles. The fourth-order valence-electron chi connectivity index (χ4n) is 0.836. The van der Waals surface area contributed by atoms with Crippen LogP contribution in [0.15, 0.2) is 0 Å². The van der Waals surface area contributed by atoms with Gasteiger partial charge in [-0.1, -0.05) is 15.9 Å². The first kappa shape index (κ1) is 13.4. The molecule has 0 saturated heterocycles. The van der Waals surface area contributed by atoms with Crippen LogP contribution in [0.25, 0.3) is 0 Å². The van der Waals surface area contributed by atoms with Crippen molar-refractivity contribution in [3.05, 3.63) is 0 Å². The summed E-state index contributed by atoms with van der Waals surface area (Å²) in [4.78, 5) is 21.7. The van der Waals surface area contributed by atoms with Gasteiger partial charge in [0.15, 0.2) is 0 Å². The van der Waals surface area contributed by atoms with Crippen LogP contribution < -0.4 is 11.1 Å². The van der Waals surface area contributed by atoms with Crippen molar-refractivity contribution in [3.8, 4) is 0 Å². The van der Waals surface area contributed by atoms with Gasteiger partial charge in [-0.25, -0.2) is 0 Å². The lowest BCUT2D eigenvalue weighted by Crippen LogP contribution is -2.38. The molecule has 82 valence electrons. The first-order valence-electron chi connectivity index (χ1n) is 4.59. The van der Waals surface area contributed by atoms with Crippen molar-refractivity contribution in [2.45, 2.75) is 37.4 Å². The molecule has 0 atom stereocenters. The molecule has 2 amide bonds. The van der Waals surface area contributed by atoms with Gasteiger partial charge < -0.3 is 11.1 Å². The zero-order valence-electron chi connectivity index (χ0n) is 8.60. The van der Waals surface area contributed by atoms with Crippen LogP contribution in [0.1, 0.15) is 33.1 Å². The number of halogens is 1. The van der Waals surface area contributed by atoms with Gasteiger partial charge in [0.05, 0.1) is 4.32 Å². The van der Waals surface area contributed by atoms with Crippen LogP contribution in [0.3, 0.4) is 0 Å². The molecule has 0 aromatic heterocycles. The molecule has 14 heavy (non-hydrogen) atoms. The molecule has 0 radical (unpaired) electrons. The predicted molar refractivity (Wildman–Crippen MR) is 59.1 cm³/mol. The Labute approximate surface area is 92.7 Å². The van der Waals surface area contributed by atoms with E-state index in [-0.39, 0.29) is 11.8 Å². The third-order valence-electron chi connectivity index (χ3n) is 1.68. The number of amides is 2. The van der Waals surface area contributed by atoms with Crippen LogP contribution in [0, 0.1) is 0 Å². The van der Waals surface area contributed by atoms with E-state index in [1.807, 2.05) is 0 Å². The van der Waals surface area contributed by atoms with Crippen molar-refractivity contribution < 1.29 is 9.59 Å². The first-order valence-corrected chi connectivity index (χ1v) is 5.39. The highest BCUT2D eigenvalue weighted by Crippen LogP contribution is 2.15. The Bertz CT molecular complexity index is 211. The number of nitrogens with two attached hydrogens (primary N) is 1. The summed E-state index contributed by atoms with van der Waals surface area (Å²) in [6.07, 6.45) is 1.88. The summed E-state index contributed by atoms with van der Waals surface area (Å²) in [5, 5.41) is 2.76. The van der Waals surface area contributed by atoms with Gasteiger partial charge in [-0.2, -0.15) is 0 Å². The fraction of sp³-hybridized carbons (Fsp3) is 0.778. The molecule has 0 fully saturated rings. The zero-order chi connectivity index (χ0) is 11.2. The van der Waals surface area contributed by atoms with Crippen molar-refractivity contribution in [1.82, 2.24) is 5.32 Å². The van der Waals surface area contributed by atoms with E-state index in [2.05, 4.69) is 21.2 Å². The van der Waals surface area contributed by atoms with Gasteiger partial charge in [0, 0.05) is 13.0 Å². The quantitative estimate of drug-likeness (QED) is 0.554. The average Bonchev–Trinajstić information content (AvgIpc) is 2.01. The molecule has 3 N–H and O–H groups in total. The molecule has 0 unspecified atom stereocenters. The highest BCUT2D eigenvalue weighted by Gasteiger charge is 2.22. The minimum absolute atomic E-state index is 0.0448. The molecule has 0 bridgehead atoms. The van der Waals surface area contributed by atoms with E-state index in [0.29, 0.717) is 13.0 Å². The maximum atomic E-state index is 11.3. The van der Waals surface area contributed by atoms with Gasteiger partial charge in [0.1, 0.15) is 0 Å². The van der Waals surface area contributed by atoms with Gasteiger partial charge >= 0.3 is 0 Å². The second-order valence-corrected chi connectivity index (χ2v) is 5.63. The zero-order valence-corrected chi connectivity index (χ0v) is 10.2. The fourth-order valence-corrected chi connectivity index (χ4v) is 0.977. The van der Waals surface area contributed by atoms with Crippen LogP contribution in [0.2, 0.25) is 0 Å². The molecule has 0 aliphatic heterocycles. The minimum Gasteiger partial charge on any atom is -0.370 e. The molecule has 0 heterocycles. The maximum Gasteiger partial charge on any atom is 0.236 e. The lowest BCUT2D eigenvalue weighted by atomic mass is 10.2. The predicted octanol–water partition coefficient (Wildman–Crippen LogP) is 0.932. The number of carbonyl (C=O) groups excluding carboxylic acids is 2. The van der Waals surface area contributed by atoms with Gasteiger partial charge in [-0.05, 0) is 26.7 Å². The Balaban J connectivity index is 3.46. The summed E-state index contributed by atoms with van der Waals surface area (Å²) in [5.74, 6) is -0.339. The lowest BCUT2D eigenvalue weighted by molar-refractivity contribution is -0.122. The van der Waals surface area contributed by atoms with Crippen LogP contribution in [-0.4, -0.2) is 22.7 Å². The van der Waals surface area contributed by atoms with Gasteiger partial charge in [-0.15, -0.1) is 0 Å². The summed E-state index contributed by atoms with van der Waals surface area (Å²) in [6, 6.07) is 0. The molecule has 0 aliphatic rings. The smallest absolute Gasteiger partial charge is 0.236 e. The number of rotatable bonds is 6. The van der Waals surface area contributed by atoms with Crippen LogP contribution in [0.5, 0.6) is 0 Å². The molecule has 0 saturated carbocycles. The second kappa shape index (κ2) is 6.01. The molecular weight excluding hydrogens is 248 g/mol. The number of alkyl halides is 1. The molecule has 0 aromatic rings. The van der Waals surface area contributed by atoms with Crippen molar-refractivity contribution >= 4 is 27.7 Å². The largest absolute Gasteiger partial charge is 0.370 e. The van der Waals surface area contributed by atoms with Gasteiger partial charge in [0.2, 0.25) is 11.8 Å². The van der Waals surface area contributed by atoms with E-state index in [4.69, 9.17) is 5.73 Å². The summed E-state index contributed by atoms with van der Waals surface area (Å²) < 4.78 is -0.531. The van der Waals surface area contributed by atoms with E-state index in [0.717, 1.165) is 12.8 Å². The highest BCUT2D eigenvalue weighted by atomic mass is 79.9. The minimum atomic E-state index is -0.531. The topological polar surface area (TPSA) is 72.2 Å². The Hall–Kier alpha value is -0.580. The Kier molecular flexibility index (Phi) is 5.76. The average molecular weight is 265 g/mol. The standard InChI is InChI=1S/C9H17BrN2O2/c1-9(2,10)8(14)12-6-4-3-5-7(11)13/h3-6H2,1-2H3,(H2,11,13)(H,12,14). The van der Waals surface area contributed by atoms with Crippen molar-refractivity contribution in [2.24, 2.45) is 5.73 Å². The molecular formula is C9H17BrN2O2. The van der Waals surface area contributed by atoms with E-state index < -0.39 is 4.32 Å². The molecule has 0 rings (SSSR count). The first-order chi connectivity index (χ1) is 6.34. The molecule has 5 heteroatoms. The van der Waals surface area contributed by atoms with Gasteiger partial charge in [0.25, 0.3) is 0 Å². The number of hydrogen-bond acceptors (Lipinski definition) is 2. The third kappa shape index (κ3) is 6.88. The number of hydrogen-bond donors (Lipinski definition) is 2. The highest BCUT2D eigenvalue weighted by molar-refractivity contribution is 9.10. The molecule has 0 spiro atoms. The maximum absolute atomic E-state index is 11.3. The number of primary amides is 1. The van der Waals surface area contributed by atoms with E-state index in [1.54, 1.807) is 13.8 Å². The van der Waals surface area contributed by atoms with Crippen molar-refractivity contribution in [1.29, 1.82) is 0 Å². The van der Waals surface area contributed by atoms with E-state index >= 15 is 0 Å². The second-order valence-electron chi connectivity index (χ2n) is 3.65. The molecule has 0 aromatic carbocycles. The normalized spacial score (nSPS) is 11.1. The lowest BCUT2D eigenvalue weighted by Gasteiger charge is -2.15. The van der Waals surface area contributed by atoms with Gasteiger partial charge in [-0.3, -0.25) is 9.59 Å². The van der Waals surface area contributed by atoms with E-state index in [9.17, 15) is 9.59 Å². The summed E-state index contributed by atoms with van der Waals surface area (Å²) in [6.45, 7) is 4.15. The van der Waals surface area contributed by atoms with Crippen LogP contribution in [-0.2, 0) is 9.59 Å². The Morgan fingerprint density at radius 2 is 1.93 bits per heavy atom. The summed E-state index contributed by atoms with van der Waals surface area (Å²) >= 11 is 3.25. The summed E-state index contributed by atoms with van der Waals surface area (Å²) in [5.41, 5.74) is 4.97.